The van der Waals surface area contributed by atoms with Gasteiger partial charge in [0.05, 0.1) is 6.54 Å². The molecule has 1 aromatic rings. The lowest BCUT2D eigenvalue weighted by Crippen LogP contribution is -2.33. The number of amides is 1. The summed E-state index contributed by atoms with van der Waals surface area (Å²) < 4.78 is 5.51. The Kier molecular flexibility index (Phi) is 5.36. The van der Waals surface area contributed by atoms with Gasteiger partial charge in [0.2, 0.25) is 5.91 Å². The van der Waals surface area contributed by atoms with Crippen molar-refractivity contribution in [2.24, 2.45) is 0 Å². The van der Waals surface area contributed by atoms with Crippen LogP contribution >= 0.6 is 0 Å². The number of benzene rings is 1. The third-order valence-electron chi connectivity index (χ3n) is 2.10. The molecule has 0 spiro atoms. The molecule has 4 nitrogen and oxygen atoms in total. The predicted octanol–water partition coefficient (Wildman–Crippen LogP) is 0.709. The number of likely N-dealkylation sites (N-methyl/N-ethyl adjacent to an activating group) is 1. The lowest BCUT2D eigenvalue weighted by Gasteiger charge is -2.07. The topological polar surface area (TPSA) is 50.4 Å². The zero-order chi connectivity index (χ0) is 11.8. The van der Waals surface area contributed by atoms with Gasteiger partial charge in [-0.05, 0) is 24.6 Å². The highest BCUT2D eigenvalue weighted by Crippen LogP contribution is 2.11. The van der Waals surface area contributed by atoms with Crippen molar-refractivity contribution in [2.75, 3.05) is 26.7 Å². The Morgan fingerprint density at radius 2 is 2.25 bits per heavy atom. The van der Waals surface area contributed by atoms with Crippen LogP contribution in [0.2, 0.25) is 0 Å². The first-order valence-corrected chi connectivity index (χ1v) is 5.33. The van der Waals surface area contributed by atoms with E-state index in [-0.39, 0.29) is 5.91 Å². The summed E-state index contributed by atoms with van der Waals surface area (Å²) in [5.74, 6) is 0.845. The molecule has 0 fully saturated rings. The normalized spacial score (nSPS) is 9.88. The molecule has 4 heteroatoms. The SMILES string of the molecule is CNC(=O)CNCCOc1cccc(C)c1. The molecule has 1 aromatic carbocycles. The maximum Gasteiger partial charge on any atom is 0.233 e. The Hall–Kier alpha value is -1.55. The Bertz CT molecular complexity index is 340. The van der Waals surface area contributed by atoms with Crippen molar-refractivity contribution in [3.05, 3.63) is 29.8 Å². The summed E-state index contributed by atoms with van der Waals surface area (Å²) >= 11 is 0. The Morgan fingerprint density at radius 3 is 2.94 bits per heavy atom. The molecule has 88 valence electrons. The van der Waals surface area contributed by atoms with Crippen molar-refractivity contribution in [1.29, 1.82) is 0 Å². The smallest absolute Gasteiger partial charge is 0.233 e. The van der Waals surface area contributed by atoms with E-state index in [0.29, 0.717) is 19.7 Å². The van der Waals surface area contributed by atoms with Crippen molar-refractivity contribution in [3.8, 4) is 5.75 Å². The molecule has 0 aliphatic carbocycles. The Labute approximate surface area is 96.0 Å². The van der Waals surface area contributed by atoms with Gasteiger partial charge in [0.15, 0.2) is 0 Å². The van der Waals surface area contributed by atoms with E-state index in [1.54, 1.807) is 7.05 Å². The molecule has 1 rings (SSSR count). The van der Waals surface area contributed by atoms with Crippen LogP contribution in [-0.4, -0.2) is 32.7 Å². The maximum absolute atomic E-state index is 10.9. The molecule has 0 radical (unpaired) electrons. The summed E-state index contributed by atoms with van der Waals surface area (Å²) in [5.41, 5.74) is 1.18. The van der Waals surface area contributed by atoms with Gasteiger partial charge in [-0.3, -0.25) is 4.79 Å². The Balaban J connectivity index is 2.14. The monoisotopic (exact) mass is 222 g/mol. The highest BCUT2D eigenvalue weighted by Gasteiger charge is 1.96. The number of hydrogen-bond acceptors (Lipinski definition) is 3. The molecule has 0 saturated carbocycles. The average molecular weight is 222 g/mol. The van der Waals surface area contributed by atoms with Gasteiger partial charge in [-0.25, -0.2) is 0 Å². The fourth-order valence-corrected chi connectivity index (χ4v) is 1.24. The molecule has 0 aliphatic heterocycles. The number of aryl methyl sites for hydroxylation is 1. The molecule has 0 bridgehead atoms. The standard InChI is InChI=1S/C12H18N2O2/c1-10-4-3-5-11(8-10)16-7-6-14-9-12(15)13-2/h3-5,8,14H,6-7,9H2,1-2H3,(H,13,15). The minimum Gasteiger partial charge on any atom is -0.492 e. The van der Waals surface area contributed by atoms with Crippen molar-refractivity contribution in [2.45, 2.75) is 6.92 Å². The molecule has 0 aromatic heterocycles. The van der Waals surface area contributed by atoms with Crippen molar-refractivity contribution < 1.29 is 9.53 Å². The summed E-state index contributed by atoms with van der Waals surface area (Å²) in [6.45, 7) is 3.56. The van der Waals surface area contributed by atoms with Gasteiger partial charge in [0, 0.05) is 13.6 Å². The fraction of sp³-hybridized carbons (Fsp3) is 0.417. The van der Waals surface area contributed by atoms with Gasteiger partial charge in [-0.2, -0.15) is 0 Å². The molecule has 0 aliphatic rings. The fourth-order valence-electron chi connectivity index (χ4n) is 1.24. The zero-order valence-corrected chi connectivity index (χ0v) is 9.75. The number of carbonyl (C=O) groups is 1. The number of rotatable bonds is 6. The zero-order valence-electron chi connectivity index (χ0n) is 9.75. The van der Waals surface area contributed by atoms with Crippen LogP contribution in [0, 0.1) is 6.92 Å². The van der Waals surface area contributed by atoms with E-state index >= 15 is 0 Å². The second kappa shape index (κ2) is 6.85. The predicted molar refractivity (Wildman–Crippen MR) is 63.6 cm³/mol. The molecule has 0 heterocycles. The van der Waals surface area contributed by atoms with E-state index in [0.717, 1.165) is 5.75 Å². The van der Waals surface area contributed by atoms with Crippen LogP contribution in [0.5, 0.6) is 5.75 Å². The number of nitrogens with one attached hydrogen (secondary N) is 2. The van der Waals surface area contributed by atoms with Gasteiger partial charge in [-0.1, -0.05) is 12.1 Å². The van der Waals surface area contributed by atoms with E-state index in [4.69, 9.17) is 4.74 Å². The quantitative estimate of drug-likeness (QED) is 0.697. The summed E-state index contributed by atoms with van der Waals surface area (Å²) in [7, 11) is 1.62. The molecule has 1 amide bonds. The Morgan fingerprint density at radius 1 is 1.44 bits per heavy atom. The molecule has 0 unspecified atom stereocenters. The van der Waals surface area contributed by atoms with Gasteiger partial charge >= 0.3 is 0 Å². The number of ether oxygens (including phenoxy) is 1. The van der Waals surface area contributed by atoms with Gasteiger partial charge < -0.3 is 15.4 Å². The van der Waals surface area contributed by atoms with E-state index < -0.39 is 0 Å². The van der Waals surface area contributed by atoms with E-state index in [2.05, 4.69) is 10.6 Å². The molecule has 0 saturated heterocycles. The number of hydrogen-bond donors (Lipinski definition) is 2. The third-order valence-corrected chi connectivity index (χ3v) is 2.10. The first-order valence-electron chi connectivity index (χ1n) is 5.33. The number of carbonyl (C=O) groups excluding carboxylic acids is 1. The van der Waals surface area contributed by atoms with Crippen molar-refractivity contribution >= 4 is 5.91 Å². The molecule has 2 N–H and O–H groups in total. The maximum atomic E-state index is 10.9. The van der Waals surface area contributed by atoms with Gasteiger partial charge in [0.1, 0.15) is 12.4 Å². The molecular formula is C12H18N2O2. The first-order chi connectivity index (χ1) is 7.72. The van der Waals surface area contributed by atoms with Crippen molar-refractivity contribution in [3.63, 3.8) is 0 Å². The van der Waals surface area contributed by atoms with Crippen LogP contribution in [0.4, 0.5) is 0 Å². The first kappa shape index (κ1) is 12.5. The van der Waals surface area contributed by atoms with Crippen LogP contribution in [-0.2, 0) is 4.79 Å². The average Bonchev–Trinajstić information content (AvgIpc) is 2.28. The summed E-state index contributed by atoms with van der Waals surface area (Å²) in [6, 6.07) is 7.89. The third kappa shape index (κ3) is 4.79. The molecule has 0 atom stereocenters. The van der Waals surface area contributed by atoms with Crippen molar-refractivity contribution in [1.82, 2.24) is 10.6 Å². The second-order valence-electron chi connectivity index (χ2n) is 3.51. The van der Waals surface area contributed by atoms with Crippen LogP contribution in [0.3, 0.4) is 0 Å². The molecular weight excluding hydrogens is 204 g/mol. The highest BCUT2D eigenvalue weighted by molar-refractivity contribution is 5.77. The van der Waals surface area contributed by atoms with Gasteiger partial charge in [0.25, 0.3) is 0 Å². The van der Waals surface area contributed by atoms with Crippen LogP contribution in [0.15, 0.2) is 24.3 Å². The lowest BCUT2D eigenvalue weighted by molar-refractivity contribution is -0.119. The summed E-state index contributed by atoms with van der Waals surface area (Å²) in [4.78, 5) is 10.9. The van der Waals surface area contributed by atoms with Crippen LogP contribution in [0.25, 0.3) is 0 Å². The highest BCUT2D eigenvalue weighted by atomic mass is 16.5. The van der Waals surface area contributed by atoms with Gasteiger partial charge in [-0.15, -0.1) is 0 Å². The van der Waals surface area contributed by atoms with E-state index in [1.165, 1.54) is 5.56 Å². The minimum atomic E-state index is -0.0180. The van der Waals surface area contributed by atoms with E-state index in [9.17, 15) is 4.79 Å². The van der Waals surface area contributed by atoms with Crippen LogP contribution in [0.1, 0.15) is 5.56 Å². The largest absolute Gasteiger partial charge is 0.492 e. The molecule has 16 heavy (non-hydrogen) atoms. The summed E-state index contributed by atoms with van der Waals surface area (Å²) in [6.07, 6.45) is 0. The van der Waals surface area contributed by atoms with E-state index in [1.807, 2.05) is 31.2 Å². The van der Waals surface area contributed by atoms with Crippen LogP contribution < -0.4 is 15.4 Å². The summed E-state index contributed by atoms with van der Waals surface area (Å²) in [5, 5.41) is 5.52. The minimum absolute atomic E-state index is 0.0180. The lowest BCUT2D eigenvalue weighted by atomic mass is 10.2. The second-order valence-corrected chi connectivity index (χ2v) is 3.51.